The first-order valence-electron chi connectivity index (χ1n) is 5.44. The van der Waals surface area contributed by atoms with Gasteiger partial charge < -0.3 is 10.3 Å². The van der Waals surface area contributed by atoms with E-state index in [4.69, 9.17) is 10.3 Å². The van der Waals surface area contributed by atoms with E-state index < -0.39 is 6.04 Å². The van der Waals surface area contributed by atoms with Gasteiger partial charge in [0, 0.05) is 16.6 Å². The van der Waals surface area contributed by atoms with Gasteiger partial charge in [-0.25, -0.2) is 0 Å². The van der Waals surface area contributed by atoms with Crippen LogP contribution in [0.1, 0.15) is 42.2 Å². The number of nitrogens with two attached hydrogens (primary N) is 1. The predicted octanol–water partition coefficient (Wildman–Crippen LogP) is 2.15. The van der Waals surface area contributed by atoms with E-state index in [1.807, 2.05) is 12.1 Å². The fourth-order valence-electron chi connectivity index (χ4n) is 1.57. The zero-order valence-corrected chi connectivity index (χ0v) is 10.6. The van der Waals surface area contributed by atoms with Gasteiger partial charge in [-0.05, 0) is 40.9 Å². The highest BCUT2D eigenvalue weighted by Gasteiger charge is 2.30. The molecule has 5 nitrogen and oxygen atoms in total. The zero-order chi connectivity index (χ0) is 11.8. The first-order valence-corrected chi connectivity index (χ1v) is 6.24. The van der Waals surface area contributed by atoms with E-state index in [1.54, 1.807) is 6.20 Å². The van der Waals surface area contributed by atoms with Gasteiger partial charge in [0.15, 0.2) is 5.82 Å². The molecule has 6 heteroatoms. The van der Waals surface area contributed by atoms with E-state index in [0.29, 0.717) is 17.6 Å². The highest BCUT2D eigenvalue weighted by atomic mass is 79.9. The van der Waals surface area contributed by atoms with Crippen LogP contribution in [-0.4, -0.2) is 15.1 Å². The number of pyridine rings is 1. The summed E-state index contributed by atoms with van der Waals surface area (Å²) in [4.78, 5) is 8.55. The van der Waals surface area contributed by atoms with E-state index in [-0.39, 0.29) is 0 Å². The van der Waals surface area contributed by atoms with Gasteiger partial charge in [0.2, 0.25) is 5.89 Å². The number of hydrogen-bond acceptors (Lipinski definition) is 5. The van der Waals surface area contributed by atoms with Crippen molar-refractivity contribution in [3.8, 4) is 0 Å². The van der Waals surface area contributed by atoms with Crippen LogP contribution >= 0.6 is 15.9 Å². The molecule has 2 N–H and O–H groups in total. The Morgan fingerprint density at radius 3 is 2.88 bits per heavy atom. The third-order valence-corrected chi connectivity index (χ3v) is 3.20. The highest BCUT2D eigenvalue weighted by molar-refractivity contribution is 9.10. The highest BCUT2D eigenvalue weighted by Crippen LogP contribution is 2.39. The topological polar surface area (TPSA) is 77.8 Å². The van der Waals surface area contributed by atoms with Crippen molar-refractivity contribution in [1.82, 2.24) is 15.1 Å². The quantitative estimate of drug-likeness (QED) is 0.938. The van der Waals surface area contributed by atoms with Crippen molar-refractivity contribution in [2.75, 3.05) is 0 Å². The first-order chi connectivity index (χ1) is 8.24. The van der Waals surface area contributed by atoms with Crippen molar-refractivity contribution in [3.05, 3.63) is 40.2 Å². The molecule has 1 fully saturated rings. The summed E-state index contributed by atoms with van der Waals surface area (Å²) in [6.45, 7) is 0. The van der Waals surface area contributed by atoms with Crippen LogP contribution in [0.5, 0.6) is 0 Å². The van der Waals surface area contributed by atoms with Crippen molar-refractivity contribution >= 4 is 15.9 Å². The molecule has 1 atom stereocenters. The summed E-state index contributed by atoms with van der Waals surface area (Å²) in [6, 6.07) is 3.31. The van der Waals surface area contributed by atoms with E-state index in [2.05, 4.69) is 31.1 Å². The first kappa shape index (κ1) is 10.9. The average molecular weight is 295 g/mol. The Morgan fingerprint density at radius 2 is 2.24 bits per heavy atom. The molecule has 88 valence electrons. The largest absolute Gasteiger partial charge is 0.339 e. The second-order valence-corrected chi connectivity index (χ2v) is 5.06. The van der Waals surface area contributed by atoms with Crippen LogP contribution < -0.4 is 5.73 Å². The molecule has 1 saturated carbocycles. The van der Waals surface area contributed by atoms with Crippen molar-refractivity contribution in [2.45, 2.75) is 24.8 Å². The van der Waals surface area contributed by atoms with Crippen LogP contribution in [0.15, 0.2) is 27.3 Å². The minimum atomic E-state index is -0.431. The molecule has 1 aliphatic rings. The van der Waals surface area contributed by atoms with E-state index in [0.717, 1.165) is 23.0 Å². The molecule has 0 spiro atoms. The van der Waals surface area contributed by atoms with Crippen molar-refractivity contribution < 1.29 is 4.52 Å². The fourth-order valence-corrected chi connectivity index (χ4v) is 1.81. The SMILES string of the molecule is NC(c1ccc(Br)cn1)c1noc(C2CC2)n1. The molecule has 2 heterocycles. The molecule has 1 aliphatic carbocycles. The normalized spacial score (nSPS) is 17.1. The molecule has 1 unspecified atom stereocenters. The van der Waals surface area contributed by atoms with Crippen molar-refractivity contribution in [2.24, 2.45) is 5.73 Å². The van der Waals surface area contributed by atoms with Gasteiger partial charge in [0.1, 0.15) is 6.04 Å². The zero-order valence-electron chi connectivity index (χ0n) is 9.01. The predicted molar refractivity (Wildman–Crippen MR) is 64.2 cm³/mol. The van der Waals surface area contributed by atoms with Crippen LogP contribution in [0, 0.1) is 0 Å². The molecule has 17 heavy (non-hydrogen) atoms. The van der Waals surface area contributed by atoms with Gasteiger partial charge in [0.05, 0.1) is 5.69 Å². The monoisotopic (exact) mass is 294 g/mol. The number of nitrogens with zero attached hydrogens (tertiary/aromatic N) is 3. The summed E-state index contributed by atoms with van der Waals surface area (Å²) in [5.41, 5.74) is 6.77. The van der Waals surface area contributed by atoms with E-state index >= 15 is 0 Å². The molecule has 3 rings (SSSR count). The van der Waals surface area contributed by atoms with Crippen molar-refractivity contribution in [1.29, 1.82) is 0 Å². The summed E-state index contributed by atoms with van der Waals surface area (Å²) < 4.78 is 6.09. The molecule has 0 radical (unpaired) electrons. The lowest BCUT2D eigenvalue weighted by Crippen LogP contribution is -2.15. The molecule has 0 saturated heterocycles. The Balaban J connectivity index is 1.84. The maximum Gasteiger partial charge on any atom is 0.229 e. The fraction of sp³-hybridized carbons (Fsp3) is 0.364. The lowest BCUT2D eigenvalue weighted by atomic mass is 10.2. The Labute approximate surface area is 107 Å². The van der Waals surface area contributed by atoms with Gasteiger partial charge in [-0.3, -0.25) is 4.98 Å². The summed E-state index contributed by atoms with van der Waals surface area (Å²) in [7, 11) is 0. The Hall–Kier alpha value is -1.27. The Kier molecular flexibility index (Phi) is 2.68. The van der Waals surface area contributed by atoms with Crippen LogP contribution in [0.2, 0.25) is 0 Å². The second kappa shape index (κ2) is 4.19. The van der Waals surface area contributed by atoms with Gasteiger partial charge in [-0.15, -0.1) is 0 Å². The summed E-state index contributed by atoms with van der Waals surface area (Å²) in [6.07, 6.45) is 3.97. The van der Waals surface area contributed by atoms with Crippen LogP contribution in [0.3, 0.4) is 0 Å². The third-order valence-electron chi connectivity index (χ3n) is 2.73. The van der Waals surface area contributed by atoms with E-state index in [1.165, 1.54) is 0 Å². The molecule has 0 aromatic carbocycles. The van der Waals surface area contributed by atoms with Gasteiger partial charge in [-0.2, -0.15) is 4.98 Å². The van der Waals surface area contributed by atoms with E-state index in [9.17, 15) is 0 Å². The Bertz CT molecular complexity index is 521. The molecule has 0 amide bonds. The summed E-state index contributed by atoms with van der Waals surface area (Å²) in [5, 5.41) is 3.91. The van der Waals surface area contributed by atoms with Gasteiger partial charge in [0.25, 0.3) is 0 Å². The molecular weight excluding hydrogens is 284 g/mol. The summed E-state index contributed by atoms with van der Waals surface area (Å²) >= 11 is 3.33. The minimum Gasteiger partial charge on any atom is -0.339 e. The molecule has 0 aliphatic heterocycles. The molecular formula is C11H11BrN4O. The number of halogens is 1. The number of aromatic nitrogens is 3. The standard InChI is InChI=1S/C11H11BrN4O/c12-7-3-4-8(14-5-7)9(13)10-15-11(17-16-10)6-1-2-6/h3-6,9H,1-2,13H2. The van der Waals surface area contributed by atoms with Crippen LogP contribution in [0.4, 0.5) is 0 Å². The lowest BCUT2D eigenvalue weighted by molar-refractivity contribution is 0.372. The van der Waals surface area contributed by atoms with Gasteiger partial charge in [-0.1, -0.05) is 5.16 Å². The van der Waals surface area contributed by atoms with Crippen LogP contribution in [-0.2, 0) is 0 Å². The molecule has 2 aromatic rings. The maximum absolute atomic E-state index is 6.04. The Morgan fingerprint density at radius 1 is 1.41 bits per heavy atom. The molecule has 2 aromatic heterocycles. The number of rotatable bonds is 3. The van der Waals surface area contributed by atoms with Crippen LogP contribution in [0.25, 0.3) is 0 Å². The second-order valence-electron chi connectivity index (χ2n) is 4.14. The van der Waals surface area contributed by atoms with Crippen molar-refractivity contribution in [3.63, 3.8) is 0 Å². The lowest BCUT2D eigenvalue weighted by Gasteiger charge is -2.05. The van der Waals surface area contributed by atoms with Gasteiger partial charge >= 0.3 is 0 Å². The number of hydrogen-bond donors (Lipinski definition) is 1. The summed E-state index contributed by atoms with van der Waals surface area (Å²) in [5.74, 6) is 1.65. The average Bonchev–Trinajstić information content (AvgIpc) is 3.07. The maximum atomic E-state index is 6.04. The smallest absolute Gasteiger partial charge is 0.229 e. The third kappa shape index (κ3) is 2.23. The minimum absolute atomic E-state index is 0.431. The molecule has 0 bridgehead atoms.